The van der Waals surface area contributed by atoms with Gasteiger partial charge in [-0.3, -0.25) is 4.79 Å². The lowest BCUT2D eigenvalue weighted by molar-refractivity contribution is 0.0899. The van der Waals surface area contributed by atoms with Gasteiger partial charge in [0.05, 0.1) is 11.3 Å². The molecule has 1 amide bonds. The number of aromatic nitrogens is 1. The lowest BCUT2D eigenvalue weighted by atomic mass is 9.95. The van der Waals surface area contributed by atoms with Gasteiger partial charge in [-0.2, -0.15) is 4.37 Å². The lowest BCUT2D eigenvalue weighted by Gasteiger charge is -2.24. The average molecular weight is 268 g/mol. The zero-order valence-corrected chi connectivity index (χ0v) is 11.5. The summed E-state index contributed by atoms with van der Waals surface area (Å²) in [5, 5.41) is 14.3. The molecule has 1 aromatic rings. The van der Waals surface area contributed by atoms with Gasteiger partial charge in [0, 0.05) is 23.9 Å². The highest BCUT2D eigenvalue weighted by Gasteiger charge is 2.25. The molecule has 0 aliphatic heterocycles. The van der Waals surface area contributed by atoms with Crippen molar-refractivity contribution in [2.45, 2.75) is 45.1 Å². The number of hydrogen-bond acceptors (Lipinski definition) is 4. The number of nitrogens with one attached hydrogen (secondary N) is 1. The largest absolute Gasteiger partial charge is 0.396 e. The van der Waals surface area contributed by atoms with Gasteiger partial charge in [-0.25, -0.2) is 0 Å². The molecule has 18 heavy (non-hydrogen) atoms. The van der Waals surface area contributed by atoms with Crippen LogP contribution in [0.15, 0.2) is 5.38 Å². The number of carbonyl (C=O) groups excluding carboxylic acids is 1. The van der Waals surface area contributed by atoms with Crippen LogP contribution in [0.5, 0.6) is 0 Å². The van der Waals surface area contributed by atoms with E-state index in [0.29, 0.717) is 5.56 Å². The van der Waals surface area contributed by atoms with E-state index in [9.17, 15) is 9.90 Å². The first-order valence-electron chi connectivity index (χ1n) is 6.55. The second kappa shape index (κ2) is 6.29. The van der Waals surface area contributed by atoms with Crippen molar-refractivity contribution in [3.63, 3.8) is 0 Å². The van der Waals surface area contributed by atoms with Gasteiger partial charge in [0.2, 0.25) is 0 Å². The summed E-state index contributed by atoms with van der Waals surface area (Å²) in [7, 11) is 0. The monoisotopic (exact) mass is 268 g/mol. The molecule has 1 aliphatic rings. The number of aliphatic hydroxyl groups excluding tert-OH is 1. The zero-order valence-electron chi connectivity index (χ0n) is 10.7. The van der Waals surface area contributed by atoms with Gasteiger partial charge >= 0.3 is 0 Å². The van der Waals surface area contributed by atoms with Crippen molar-refractivity contribution in [1.82, 2.24) is 9.69 Å². The molecule has 2 N–H and O–H groups in total. The normalized spacial score (nSPS) is 24.6. The van der Waals surface area contributed by atoms with Gasteiger partial charge in [0.15, 0.2) is 0 Å². The number of nitrogens with zero attached hydrogens (tertiary/aromatic N) is 1. The number of rotatable bonds is 3. The molecule has 1 saturated carbocycles. The molecular weight excluding hydrogens is 248 g/mol. The summed E-state index contributed by atoms with van der Waals surface area (Å²) < 4.78 is 4.12. The molecule has 1 aromatic heterocycles. The van der Waals surface area contributed by atoms with Crippen LogP contribution in [0.4, 0.5) is 0 Å². The van der Waals surface area contributed by atoms with Gasteiger partial charge in [-0.05, 0) is 31.3 Å². The van der Waals surface area contributed by atoms with Crippen LogP contribution in [0.3, 0.4) is 0 Å². The maximum Gasteiger partial charge on any atom is 0.254 e. The Hall–Kier alpha value is -0.940. The topological polar surface area (TPSA) is 62.2 Å². The third-order valence-corrected chi connectivity index (χ3v) is 4.43. The van der Waals surface area contributed by atoms with E-state index in [1.54, 1.807) is 5.38 Å². The van der Waals surface area contributed by atoms with Crippen LogP contribution in [-0.4, -0.2) is 28.0 Å². The summed E-state index contributed by atoms with van der Waals surface area (Å²) in [5.41, 5.74) is 1.45. The number of aryl methyl sites for hydroxylation is 1. The molecule has 5 heteroatoms. The van der Waals surface area contributed by atoms with Crippen molar-refractivity contribution >= 4 is 17.4 Å². The van der Waals surface area contributed by atoms with Crippen molar-refractivity contribution in [1.29, 1.82) is 0 Å². The van der Waals surface area contributed by atoms with Crippen LogP contribution < -0.4 is 5.32 Å². The molecular formula is C13H20N2O2S. The molecule has 0 radical (unpaired) electrons. The van der Waals surface area contributed by atoms with Gasteiger partial charge in [0.1, 0.15) is 0 Å². The molecule has 2 unspecified atom stereocenters. The smallest absolute Gasteiger partial charge is 0.254 e. The summed E-state index contributed by atoms with van der Waals surface area (Å²) >= 11 is 1.31. The fraction of sp³-hybridized carbons (Fsp3) is 0.692. The van der Waals surface area contributed by atoms with Crippen LogP contribution in [0, 0.1) is 12.8 Å². The third-order valence-electron chi connectivity index (χ3n) is 3.70. The third kappa shape index (κ3) is 3.09. The minimum Gasteiger partial charge on any atom is -0.396 e. The van der Waals surface area contributed by atoms with Crippen molar-refractivity contribution in [2.75, 3.05) is 6.61 Å². The highest BCUT2D eigenvalue weighted by molar-refractivity contribution is 7.03. The van der Waals surface area contributed by atoms with Gasteiger partial charge in [-0.1, -0.05) is 19.3 Å². The van der Waals surface area contributed by atoms with Gasteiger partial charge in [-0.15, -0.1) is 0 Å². The highest BCUT2D eigenvalue weighted by Crippen LogP contribution is 2.23. The molecule has 1 aliphatic carbocycles. The SMILES string of the molecule is Cc1nscc1C(=O)NC1CCCCCC1CO. The molecule has 0 aromatic carbocycles. The van der Waals surface area contributed by atoms with Gasteiger partial charge < -0.3 is 10.4 Å². The Balaban J connectivity index is 2.02. The lowest BCUT2D eigenvalue weighted by Crippen LogP contribution is -2.41. The summed E-state index contributed by atoms with van der Waals surface area (Å²) in [6, 6.07) is 0.101. The molecule has 100 valence electrons. The van der Waals surface area contributed by atoms with Crippen molar-refractivity contribution in [2.24, 2.45) is 5.92 Å². The Morgan fingerprint density at radius 3 is 2.94 bits per heavy atom. The van der Waals surface area contributed by atoms with Gasteiger partial charge in [0.25, 0.3) is 5.91 Å². The zero-order chi connectivity index (χ0) is 13.0. The predicted molar refractivity (Wildman–Crippen MR) is 71.8 cm³/mol. The maximum atomic E-state index is 12.1. The van der Waals surface area contributed by atoms with Crippen molar-refractivity contribution in [3.8, 4) is 0 Å². The highest BCUT2D eigenvalue weighted by atomic mass is 32.1. The van der Waals surface area contributed by atoms with Crippen LogP contribution in [-0.2, 0) is 0 Å². The first kappa shape index (κ1) is 13.5. The molecule has 2 atom stereocenters. The molecule has 0 bridgehead atoms. The fourth-order valence-corrected chi connectivity index (χ4v) is 3.24. The molecule has 0 saturated heterocycles. The average Bonchev–Trinajstić information content (AvgIpc) is 2.66. The second-order valence-electron chi connectivity index (χ2n) is 4.97. The minimum absolute atomic E-state index is 0.0494. The molecule has 2 rings (SSSR count). The van der Waals surface area contributed by atoms with Crippen LogP contribution in [0.25, 0.3) is 0 Å². The minimum atomic E-state index is -0.0494. The molecule has 1 heterocycles. The van der Waals surface area contributed by atoms with E-state index < -0.39 is 0 Å². The summed E-state index contributed by atoms with van der Waals surface area (Å²) in [4.78, 5) is 12.1. The number of hydrogen-bond donors (Lipinski definition) is 2. The summed E-state index contributed by atoms with van der Waals surface area (Å²) in [6.45, 7) is 2.01. The van der Waals surface area contributed by atoms with E-state index in [4.69, 9.17) is 0 Å². The first-order valence-corrected chi connectivity index (χ1v) is 7.38. The molecule has 4 nitrogen and oxygen atoms in total. The fourth-order valence-electron chi connectivity index (χ4n) is 2.55. The van der Waals surface area contributed by atoms with Crippen molar-refractivity contribution in [3.05, 3.63) is 16.6 Å². The second-order valence-corrected chi connectivity index (χ2v) is 5.60. The number of aliphatic hydroxyl groups is 1. The summed E-state index contributed by atoms with van der Waals surface area (Å²) in [6.07, 6.45) is 5.44. The Morgan fingerprint density at radius 1 is 1.50 bits per heavy atom. The maximum absolute atomic E-state index is 12.1. The van der Waals surface area contributed by atoms with Crippen molar-refractivity contribution < 1.29 is 9.90 Å². The Labute approximate surface area is 112 Å². The van der Waals surface area contributed by atoms with E-state index >= 15 is 0 Å². The van der Waals surface area contributed by atoms with Crippen LogP contribution in [0.1, 0.15) is 48.2 Å². The van der Waals surface area contributed by atoms with Crippen LogP contribution in [0.2, 0.25) is 0 Å². The quantitative estimate of drug-likeness (QED) is 0.825. The summed E-state index contributed by atoms with van der Waals surface area (Å²) in [5.74, 6) is 0.148. The van der Waals surface area contributed by atoms with E-state index in [0.717, 1.165) is 31.4 Å². The predicted octanol–water partition coefficient (Wildman–Crippen LogP) is 2.12. The number of amides is 1. The Morgan fingerprint density at radius 2 is 2.28 bits per heavy atom. The molecule has 1 fully saturated rings. The Kier molecular flexibility index (Phi) is 4.72. The van der Waals surface area contributed by atoms with E-state index in [1.165, 1.54) is 18.0 Å². The van der Waals surface area contributed by atoms with Crippen LogP contribution >= 0.6 is 11.5 Å². The van der Waals surface area contributed by atoms with E-state index in [-0.39, 0.29) is 24.5 Å². The first-order chi connectivity index (χ1) is 8.72. The standard InChI is InChI=1S/C13H20N2O2S/c1-9-11(8-18-15-9)13(17)14-12-6-4-2-3-5-10(12)7-16/h8,10,12,16H,2-7H2,1H3,(H,14,17). The van der Waals surface area contributed by atoms with E-state index in [1.807, 2.05) is 6.92 Å². The Bertz CT molecular complexity index is 405. The number of carbonyl (C=O) groups is 1. The van der Waals surface area contributed by atoms with E-state index in [2.05, 4.69) is 9.69 Å². The molecule has 0 spiro atoms.